The fourth-order valence-electron chi connectivity index (χ4n) is 2.33. The quantitative estimate of drug-likeness (QED) is 0.660. The summed E-state index contributed by atoms with van der Waals surface area (Å²) in [6.45, 7) is 5.49. The van der Waals surface area contributed by atoms with Crippen molar-refractivity contribution in [3.63, 3.8) is 0 Å². The number of hydrogen-bond acceptors (Lipinski definition) is 5. The first-order valence-corrected chi connectivity index (χ1v) is 9.66. The van der Waals surface area contributed by atoms with Crippen molar-refractivity contribution >= 4 is 17.3 Å². The number of carboxylic acids is 1. The zero-order chi connectivity index (χ0) is 20.0. The van der Waals surface area contributed by atoms with Gasteiger partial charge in [-0.3, -0.25) is 4.79 Å². The van der Waals surface area contributed by atoms with E-state index < -0.39 is 28.1 Å². The first-order valence-electron chi connectivity index (χ1n) is 8.51. The average molecular weight is 391 g/mol. The molecule has 2 N–H and O–H groups in total. The Labute approximate surface area is 162 Å². The molecule has 0 fully saturated rings. The van der Waals surface area contributed by atoms with Crippen LogP contribution in [0.25, 0.3) is 0 Å². The van der Waals surface area contributed by atoms with Crippen LogP contribution in [-0.4, -0.2) is 27.5 Å². The van der Waals surface area contributed by atoms with Crippen LogP contribution in [0.3, 0.4) is 0 Å². The van der Waals surface area contributed by atoms with Gasteiger partial charge >= 0.3 is 5.97 Å². The number of rotatable bonds is 8. The van der Waals surface area contributed by atoms with E-state index in [9.17, 15) is 14.5 Å². The molecule has 6 nitrogen and oxygen atoms in total. The van der Waals surface area contributed by atoms with Crippen molar-refractivity contribution < 1.29 is 23.9 Å². The lowest BCUT2D eigenvalue weighted by atomic mass is 10.0. The molecule has 0 aliphatic carbocycles. The van der Waals surface area contributed by atoms with Gasteiger partial charge in [0.15, 0.2) is 11.5 Å². The zero-order valence-electron chi connectivity index (χ0n) is 15.9. The Bertz CT molecular complexity index is 775. The van der Waals surface area contributed by atoms with Crippen LogP contribution in [0.5, 0.6) is 17.2 Å². The van der Waals surface area contributed by atoms with Crippen molar-refractivity contribution in [2.24, 2.45) is 0 Å². The summed E-state index contributed by atoms with van der Waals surface area (Å²) in [6, 6.07) is 13.7. The van der Waals surface area contributed by atoms with E-state index in [4.69, 9.17) is 9.47 Å². The molecule has 0 spiro atoms. The maximum atomic E-state index is 12.4. The maximum absolute atomic E-state index is 12.4. The standard InChI is InChI=1S/C20H25NO5S/c1-20(2,3)27(24)21-16(13-19(22)23)14-8-7-9-15(12-14)26-18-11-6-5-10-17(18)25-4/h5-12,16,21H,13H2,1-4H3,(H,22,23)/t16?,27-/m1/s1. The molecule has 0 saturated heterocycles. The highest BCUT2D eigenvalue weighted by Crippen LogP contribution is 2.32. The summed E-state index contributed by atoms with van der Waals surface area (Å²) in [5, 5.41) is 9.25. The van der Waals surface area contributed by atoms with E-state index in [2.05, 4.69) is 4.72 Å². The molecule has 0 radical (unpaired) electrons. The van der Waals surface area contributed by atoms with Gasteiger partial charge in [0.25, 0.3) is 0 Å². The van der Waals surface area contributed by atoms with Crippen LogP contribution in [0, 0.1) is 0 Å². The number of para-hydroxylation sites is 2. The number of nitrogens with one attached hydrogen (secondary N) is 1. The van der Waals surface area contributed by atoms with Crippen LogP contribution in [0.2, 0.25) is 0 Å². The molecular formula is C20H25NO5S. The summed E-state index contributed by atoms with van der Waals surface area (Å²) in [5.74, 6) is 0.709. The van der Waals surface area contributed by atoms with Gasteiger partial charge in [0, 0.05) is 11.4 Å². The monoisotopic (exact) mass is 391 g/mol. The van der Waals surface area contributed by atoms with Gasteiger partial charge in [-0.1, -0.05) is 24.3 Å². The highest BCUT2D eigenvalue weighted by molar-refractivity contribution is 7.90. The van der Waals surface area contributed by atoms with E-state index >= 15 is 0 Å². The molecule has 7 heteroatoms. The third-order valence-corrected chi connectivity index (χ3v) is 5.35. The highest BCUT2D eigenvalue weighted by Gasteiger charge is 2.31. The lowest BCUT2D eigenvalue weighted by Gasteiger charge is -2.27. The minimum Gasteiger partial charge on any atom is -0.598 e. The molecule has 0 aromatic heterocycles. The van der Waals surface area contributed by atoms with Gasteiger partial charge in [-0.25, -0.2) is 0 Å². The number of benzene rings is 2. The van der Waals surface area contributed by atoms with E-state index in [-0.39, 0.29) is 6.42 Å². The first-order chi connectivity index (χ1) is 12.7. The Morgan fingerprint density at radius 3 is 2.44 bits per heavy atom. The van der Waals surface area contributed by atoms with E-state index in [1.54, 1.807) is 43.5 Å². The molecular weight excluding hydrogens is 366 g/mol. The summed E-state index contributed by atoms with van der Waals surface area (Å²) in [5.41, 5.74) is 0.683. The van der Waals surface area contributed by atoms with Gasteiger partial charge in [0.05, 0.1) is 19.6 Å². The number of ether oxygens (including phenoxy) is 2. The van der Waals surface area contributed by atoms with Crippen LogP contribution in [0.1, 0.15) is 38.8 Å². The van der Waals surface area contributed by atoms with Gasteiger partial charge in [0.1, 0.15) is 10.5 Å². The molecule has 2 atom stereocenters. The van der Waals surface area contributed by atoms with Crippen molar-refractivity contribution in [1.82, 2.24) is 4.72 Å². The number of aliphatic carboxylic acids is 1. The lowest BCUT2D eigenvalue weighted by molar-refractivity contribution is -0.137. The van der Waals surface area contributed by atoms with Crippen LogP contribution >= 0.6 is 0 Å². The Morgan fingerprint density at radius 1 is 1.19 bits per heavy atom. The normalized spacial score (nSPS) is 13.7. The van der Waals surface area contributed by atoms with Crippen LogP contribution < -0.4 is 14.2 Å². The van der Waals surface area contributed by atoms with Gasteiger partial charge in [-0.05, 0) is 50.6 Å². The molecule has 0 amide bonds. The molecule has 146 valence electrons. The second-order valence-electron chi connectivity index (χ2n) is 6.97. The molecule has 0 aliphatic heterocycles. The van der Waals surface area contributed by atoms with Crippen molar-refractivity contribution in [3.8, 4) is 17.2 Å². The SMILES string of the molecule is COc1ccccc1Oc1cccc(C(CC(=O)O)N[S@+]([O-])C(C)(C)C)c1. The predicted octanol–water partition coefficient (Wildman–Crippen LogP) is 4.06. The van der Waals surface area contributed by atoms with Crippen molar-refractivity contribution in [2.75, 3.05) is 7.11 Å². The van der Waals surface area contributed by atoms with E-state index in [1.165, 1.54) is 0 Å². The van der Waals surface area contributed by atoms with Crippen LogP contribution in [0.4, 0.5) is 0 Å². The summed E-state index contributed by atoms with van der Waals surface area (Å²) in [6.07, 6.45) is -0.195. The summed E-state index contributed by atoms with van der Waals surface area (Å²) < 4.78 is 26.0. The van der Waals surface area contributed by atoms with Gasteiger partial charge in [0.2, 0.25) is 0 Å². The van der Waals surface area contributed by atoms with Gasteiger partial charge in [-0.15, -0.1) is 4.72 Å². The largest absolute Gasteiger partial charge is 0.598 e. The third kappa shape index (κ3) is 6.16. The van der Waals surface area contributed by atoms with Crippen molar-refractivity contribution in [2.45, 2.75) is 38.0 Å². The average Bonchev–Trinajstić information content (AvgIpc) is 2.60. The molecule has 0 bridgehead atoms. The predicted molar refractivity (Wildman–Crippen MR) is 106 cm³/mol. The van der Waals surface area contributed by atoms with E-state index in [1.807, 2.05) is 32.9 Å². The Hall–Kier alpha value is -2.22. The molecule has 0 heterocycles. The van der Waals surface area contributed by atoms with E-state index in [0.29, 0.717) is 22.8 Å². The van der Waals surface area contributed by atoms with Gasteiger partial charge < -0.3 is 19.1 Å². The number of hydrogen-bond donors (Lipinski definition) is 2. The lowest BCUT2D eigenvalue weighted by Crippen LogP contribution is -2.41. The van der Waals surface area contributed by atoms with Gasteiger partial charge in [-0.2, -0.15) is 0 Å². The summed E-state index contributed by atoms with van der Waals surface area (Å²) >= 11 is -1.41. The minimum absolute atomic E-state index is 0.195. The molecule has 1 unspecified atom stereocenters. The number of carbonyl (C=O) groups is 1. The second-order valence-corrected chi connectivity index (χ2v) is 8.97. The number of methoxy groups -OCH3 is 1. The second kappa shape index (κ2) is 9.12. The summed E-state index contributed by atoms with van der Waals surface area (Å²) in [7, 11) is 1.56. The molecule has 0 aliphatic rings. The molecule has 0 saturated carbocycles. The van der Waals surface area contributed by atoms with Crippen LogP contribution in [-0.2, 0) is 16.2 Å². The first kappa shape index (κ1) is 21.1. The fourth-order valence-corrected chi connectivity index (χ4v) is 3.16. The summed E-state index contributed by atoms with van der Waals surface area (Å²) in [4.78, 5) is 11.3. The molecule has 2 aromatic carbocycles. The minimum atomic E-state index is -1.41. The van der Waals surface area contributed by atoms with E-state index in [0.717, 1.165) is 0 Å². The smallest absolute Gasteiger partial charge is 0.305 e. The maximum Gasteiger partial charge on any atom is 0.305 e. The van der Waals surface area contributed by atoms with Crippen molar-refractivity contribution in [1.29, 1.82) is 0 Å². The third-order valence-electron chi connectivity index (χ3n) is 3.74. The Balaban J connectivity index is 2.26. The van der Waals surface area contributed by atoms with Crippen molar-refractivity contribution in [3.05, 3.63) is 54.1 Å². The topological polar surface area (TPSA) is 90.9 Å². The fraction of sp³-hybridized carbons (Fsp3) is 0.350. The highest BCUT2D eigenvalue weighted by atomic mass is 32.2. The number of carboxylic acid groups (broad SMARTS) is 1. The Morgan fingerprint density at radius 2 is 1.85 bits per heavy atom. The molecule has 2 aromatic rings. The van der Waals surface area contributed by atoms with Crippen LogP contribution in [0.15, 0.2) is 48.5 Å². The zero-order valence-corrected chi connectivity index (χ0v) is 16.7. The molecule has 2 rings (SSSR count). The molecule has 27 heavy (non-hydrogen) atoms. The Kier molecular flexibility index (Phi) is 7.12.